The summed E-state index contributed by atoms with van der Waals surface area (Å²) in [4.78, 5) is 14.6. The van der Waals surface area contributed by atoms with Crippen molar-refractivity contribution in [3.8, 4) is 11.5 Å². The number of carbonyl (C=O) groups excluding carboxylic acids is 1. The molecule has 0 atom stereocenters. The molecule has 1 fully saturated rings. The highest BCUT2D eigenvalue weighted by atomic mass is 16.5. The van der Waals surface area contributed by atoms with Gasteiger partial charge in [-0.25, -0.2) is 4.79 Å². The van der Waals surface area contributed by atoms with E-state index in [1.807, 2.05) is 71.6 Å². The fourth-order valence-corrected chi connectivity index (χ4v) is 3.28. The van der Waals surface area contributed by atoms with Crippen LogP contribution in [0.2, 0.25) is 0 Å². The number of nitrogens with one attached hydrogen (secondary N) is 2. The second-order valence-corrected chi connectivity index (χ2v) is 6.86. The summed E-state index contributed by atoms with van der Waals surface area (Å²) in [5.74, 6) is 2.11. The Morgan fingerprint density at radius 1 is 0.966 bits per heavy atom. The average Bonchev–Trinajstić information content (AvgIpc) is 2.77. The quantitative estimate of drug-likeness (QED) is 0.677. The summed E-state index contributed by atoms with van der Waals surface area (Å²) >= 11 is 0. The van der Waals surface area contributed by atoms with E-state index in [1.165, 1.54) is 0 Å². The number of hydrogen-bond acceptors (Lipinski definition) is 5. The molecule has 0 bridgehead atoms. The summed E-state index contributed by atoms with van der Waals surface area (Å²) in [6.07, 6.45) is 3.36. The number of amides is 2. The SMILES string of the molecule is O=C(Nc1ccccc1Oc1ccccc1)N1CCC(Nc2cccnn2)CC1. The Bertz CT molecular complexity index is 928. The zero-order valence-electron chi connectivity index (χ0n) is 16.0. The molecule has 0 aliphatic carbocycles. The van der Waals surface area contributed by atoms with Crippen molar-refractivity contribution in [1.82, 2.24) is 15.1 Å². The first-order valence-corrected chi connectivity index (χ1v) is 9.70. The Balaban J connectivity index is 1.33. The zero-order chi connectivity index (χ0) is 19.9. The lowest BCUT2D eigenvalue weighted by molar-refractivity contribution is 0.197. The Kier molecular flexibility index (Phi) is 5.85. The number of likely N-dealkylation sites (tertiary alicyclic amines) is 1. The van der Waals surface area contributed by atoms with Gasteiger partial charge in [-0.05, 0) is 49.2 Å². The van der Waals surface area contributed by atoms with E-state index < -0.39 is 0 Å². The van der Waals surface area contributed by atoms with Crippen molar-refractivity contribution in [2.75, 3.05) is 23.7 Å². The third-order valence-corrected chi connectivity index (χ3v) is 4.81. The van der Waals surface area contributed by atoms with Crippen LogP contribution in [0.5, 0.6) is 11.5 Å². The molecule has 2 amide bonds. The van der Waals surface area contributed by atoms with Gasteiger partial charge in [-0.1, -0.05) is 30.3 Å². The molecule has 0 spiro atoms. The number of anilines is 2. The predicted molar refractivity (Wildman–Crippen MR) is 112 cm³/mol. The van der Waals surface area contributed by atoms with E-state index in [9.17, 15) is 4.79 Å². The van der Waals surface area contributed by atoms with Gasteiger partial charge in [0.15, 0.2) is 5.75 Å². The standard InChI is InChI=1S/C22H23N5O2/c28-22(27-15-12-17(13-16-27)24-21-11-6-14-23-26-21)25-19-9-4-5-10-20(19)29-18-7-2-1-3-8-18/h1-11,14,17H,12-13,15-16H2,(H,24,26)(H,25,28). The maximum absolute atomic E-state index is 12.8. The van der Waals surface area contributed by atoms with Crippen LogP contribution in [0, 0.1) is 0 Å². The summed E-state index contributed by atoms with van der Waals surface area (Å²) in [6.45, 7) is 1.34. The van der Waals surface area contributed by atoms with Crippen molar-refractivity contribution in [1.29, 1.82) is 0 Å². The number of aromatic nitrogens is 2. The first kappa shape index (κ1) is 18.7. The van der Waals surface area contributed by atoms with Gasteiger partial charge in [0, 0.05) is 25.3 Å². The predicted octanol–water partition coefficient (Wildman–Crippen LogP) is 4.38. The van der Waals surface area contributed by atoms with Gasteiger partial charge in [-0.2, -0.15) is 5.10 Å². The molecule has 0 unspecified atom stereocenters. The molecular weight excluding hydrogens is 366 g/mol. The van der Waals surface area contributed by atoms with Crippen molar-refractivity contribution >= 4 is 17.5 Å². The molecule has 1 aliphatic rings. The number of urea groups is 1. The van der Waals surface area contributed by atoms with Crippen LogP contribution in [-0.2, 0) is 0 Å². The van der Waals surface area contributed by atoms with Gasteiger partial charge < -0.3 is 20.3 Å². The number of carbonyl (C=O) groups is 1. The lowest BCUT2D eigenvalue weighted by atomic mass is 10.1. The van der Waals surface area contributed by atoms with Crippen LogP contribution in [-0.4, -0.2) is 40.3 Å². The van der Waals surface area contributed by atoms with Gasteiger partial charge in [0.2, 0.25) is 0 Å². The Labute approximate surface area is 169 Å². The normalized spacial score (nSPS) is 14.3. The Hall–Kier alpha value is -3.61. The number of hydrogen-bond donors (Lipinski definition) is 2. The molecule has 1 saturated heterocycles. The molecule has 0 saturated carbocycles. The first-order valence-electron chi connectivity index (χ1n) is 9.70. The Morgan fingerprint density at radius 2 is 1.72 bits per heavy atom. The van der Waals surface area contributed by atoms with Gasteiger partial charge >= 0.3 is 6.03 Å². The van der Waals surface area contributed by atoms with Crippen LogP contribution < -0.4 is 15.4 Å². The lowest BCUT2D eigenvalue weighted by Crippen LogP contribution is -2.44. The van der Waals surface area contributed by atoms with Crippen molar-refractivity contribution in [2.24, 2.45) is 0 Å². The molecule has 3 aromatic rings. The molecule has 7 heteroatoms. The van der Waals surface area contributed by atoms with Gasteiger partial charge in [0.1, 0.15) is 11.6 Å². The highest BCUT2D eigenvalue weighted by Crippen LogP contribution is 2.29. The number of benzene rings is 2. The third-order valence-electron chi connectivity index (χ3n) is 4.81. The van der Waals surface area contributed by atoms with E-state index in [1.54, 1.807) is 6.20 Å². The van der Waals surface area contributed by atoms with Crippen LogP contribution >= 0.6 is 0 Å². The van der Waals surface area contributed by atoms with E-state index in [-0.39, 0.29) is 12.1 Å². The summed E-state index contributed by atoms with van der Waals surface area (Å²) in [6, 6.07) is 20.9. The largest absolute Gasteiger partial charge is 0.455 e. The molecule has 148 valence electrons. The van der Waals surface area contributed by atoms with E-state index in [2.05, 4.69) is 20.8 Å². The van der Waals surface area contributed by atoms with E-state index in [0.29, 0.717) is 24.5 Å². The maximum Gasteiger partial charge on any atom is 0.321 e. The van der Waals surface area contributed by atoms with E-state index in [4.69, 9.17) is 4.74 Å². The first-order chi connectivity index (χ1) is 14.3. The Morgan fingerprint density at radius 3 is 2.48 bits per heavy atom. The number of piperidine rings is 1. The molecule has 0 radical (unpaired) electrons. The average molecular weight is 389 g/mol. The molecule has 1 aliphatic heterocycles. The van der Waals surface area contributed by atoms with Crippen molar-refractivity contribution in [2.45, 2.75) is 18.9 Å². The van der Waals surface area contributed by atoms with Crippen molar-refractivity contribution < 1.29 is 9.53 Å². The monoisotopic (exact) mass is 389 g/mol. The minimum Gasteiger partial charge on any atom is -0.455 e. The highest BCUT2D eigenvalue weighted by molar-refractivity contribution is 5.91. The second kappa shape index (κ2) is 9.05. The third kappa shape index (κ3) is 5.01. The minimum absolute atomic E-state index is 0.118. The second-order valence-electron chi connectivity index (χ2n) is 6.86. The molecule has 29 heavy (non-hydrogen) atoms. The van der Waals surface area contributed by atoms with Crippen molar-refractivity contribution in [3.63, 3.8) is 0 Å². The van der Waals surface area contributed by atoms with E-state index in [0.717, 1.165) is 24.4 Å². The molecule has 2 aromatic carbocycles. The zero-order valence-corrected chi connectivity index (χ0v) is 16.0. The molecule has 7 nitrogen and oxygen atoms in total. The number of ether oxygens (including phenoxy) is 1. The van der Waals surface area contributed by atoms with Gasteiger partial charge in [-0.3, -0.25) is 0 Å². The smallest absolute Gasteiger partial charge is 0.321 e. The van der Waals surface area contributed by atoms with Crippen LogP contribution in [0.3, 0.4) is 0 Å². The number of rotatable bonds is 5. The number of para-hydroxylation sites is 3. The van der Waals surface area contributed by atoms with E-state index >= 15 is 0 Å². The van der Waals surface area contributed by atoms with Gasteiger partial charge in [0.25, 0.3) is 0 Å². The minimum atomic E-state index is -0.118. The lowest BCUT2D eigenvalue weighted by Gasteiger charge is -2.32. The highest BCUT2D eigenvalue weighted by Gasteiger charge is 2.23. The fourth-order valence-electron chi connectivity index (χ4n) is 3.28. The molecule has 4 rings (SSSR count). The van der Waals surface area contributed by atoms with Gasteiger partial charge in [-0.15, -0.1) is 5.10 Å². The summed E-state index contributed by atoms with van der Waals surface area (Å²) < 4.78 is 5.93. The maximum atomic E-state index is 12.8. The van der Waals surface area contributed by atoms with Gasteiger partial charge in [0.05, 0.1) is 5.69 Å². The molecular formula is C22H23N5O2. The van der Waals surface area contributed by atoms with Crippen LogP contribution in [0.25, 0.3) is 0 Å². The number of nitrogens with zero attached hydrogens (tertiary/aromatic N) is 3. The van der Waals surface area contributed by atoms with Crippen LogP contribution in [0.15, 0.2) is 72.9 Å². The fraction of sp³-hybridized carbons (Fsp3) is 0.227. The summed E-state index contributed by atoms with van der Waals surface area (Å²) in [5.41, 5.74) is 0.654. The molecule has 2 heterocycles. The van der Waals surface area contributed by atoms with Crippen LogP contribution in [0.1, 0.15) is 12.8 Å². The topological polar surface area (TPSA) is 79.4 Å². The summed E-state index contributed by atoms with van der Waals surface area (Å²) in [5, 5.41) is 14.3. The molecule has 1 aromatic heterocycles. The molecule has 2 N–H and O–H groups in total. The summed E-state index contributed by atoms with van der Waals surface area (Å²) in [7, 11) is 0. The van der Waals surface area contributed by atoms with Crippen molar-refractivity contribution in [3.05, 3.63) is 72.9 Å². The van der Waals surface area contributed by atoms with Crippen LogP contribution in [0.4, 0.5) is 16.3 Å².